The first-order valence-electron chi connectivity index (χ1n) is 7.20. The molecule has 0 bridgehead atoms. The predicted molar refractivity (Wildman–Crippen MR) is 83.4 cm³/mol. The molecule has 0 unspecified atom stereocenters. The number of nitrogens with zero attached hydrogens (tertiary/aromatic N) is 4. The van der Waals surface area contributed by atoms with E-state index in [1.165, 1.54) is 11.9 Å². The lowest BCUT2D eigenvalue weighted by Gasteiger charge is -2.16. The summed E-state index contributed by atoms with van der Waals surface area (Å²) in [4.78, 5) is 8.49. The second-order valence-corrected chi connectivity index (χ2v) is 5.32. The Morgan fingerprint density at radius 3 is 2.86 bits per heavy atom. The smallest absolute Gasteiger partial charge is 0.254 e. The van der Waals surface area contributed by atoms with Gasteiger partial charge in [0.2, 0.25) is 0 Å². The third-order valence-corrected chi connectivity index (χ3v) is 3.48. The molecule has 3 aromatic rings. The fourth-order valence-electron chi connectivity index (χ4n) is 2.39. The molecule has 0 aliphatic rings. The fraction of sp³-hybridized carbons (Fsp3) is 0.312. The molecule has 108 valence electrons. The van der Waals surface area contributed by atoms with Crippen LogP contribution < -0.4 is 5.32 Å². The van der Waals surface area contributed by atoms with Crippen LogP contribution in [0.1, 0.15) is 24.6 Å². The maximum atomic E-state index is 4.35. The second kappa shape index (κ2) is 5.91. The molecule has 1 N–H and O–H groups in total. The van der Waals surface area contributed by atoms with Gasteiger partial charge in [-0.15, -0.1) is 0 Å². The van der Waals surface area contributed by atoms with Crippen molar-refractivity contribution in [2.24, 2.45) is 0 Å². The highest BCUT2D eigenvalue weighted by Crippen LogP contribution is 2.13. The Morgan fingerprint density at radius 2 is 2.05 bits per heavy atom. The highest BCUT2D eigenvalue weighted by Gasteiger charge is 2.08. The summed E-state index contributed by atoms with van der Waals surface area (Å²) in [6, 6.07) is 12.9. The molecular weight excluding hydrogens is 262 g/mol. The zero-order valence-electron chi connectivity index (χ0n) is 12.3. The molecule has 0 fully saturated rings. The van der Waals surface area contributed by atoms with Crippen LogP contribution in [0.3, 0.4) is 0 Å². The third-order valence-electron chi connectivity index (χ3n) is 3.48. The maximum absolute atomic E-state index is 4.35. The average Bonchev–Trinajstić information content (AvgIpc) is 2.94. The van der Waals surface area contributed by atoms with Gasteiger partial charge in [0, 0.05) is 17.8 Å². The molecule has 1 aromatic carbocycles. The van der Waals surface area contributed by atoms with E-state index < -0.39 is 0 Å². The van der Waals surface area contributed by atoms with Crippen LogP contribution in [0.25, 0.3) is 5.78 Å². The molecule has 2 heterocycles. The Bertz CT molecular complexity index is 720. The van der Waals surface area contributed by atoms with E-state index in [4.69, 9.17) is 0 Å². The van der Waals surface area contributed by atoms with Crippen LogP contribution in [0.4, 0.5) is 5.82 Å². The van der Waals surface area contributed by atoms with E-state index in [1.54, 1.807) is 4.52 Å². The minimum Gasteiger partial charge on any atom is -0.367 e. The highest BCUT2D eigenvalue weighted by molar-refractivity contribution is 5.45. The summed E-state index contributed by atoms with van der Waals surface area (Å²) in [5.41, 5.74) is 2.30. The van der Waals surface area contributed by atoms with Gasteiger partial charge < -0.3 is 5.32 Å². The third kappa shape index (κ3) is 3.18. The molecule has 0 saturated heterocycles. The Morgan fingerprint density at radius 1 is 1.24 bits per heavy atom. The minimum atomic E-state index is 0.347. The van der Waals surface area contributed by atoms with Crippen LogP contribution in [0.5, 0.6) is 0 Å². The standard InChI is InChI=1S/C16H19N5/c1-12(8-9-14-6-4-3-5-7-14)19-15-10-13(2)20-16-17-11-18-21(15)16/h3-7,10-12,19H,8-9H2,1-2H3/t12-/m0/s1. The molecule has 3 rings (SSSR count). The summed E-state index contributed by atoms with van der Waals surface area (Å²) in [7, 11) is 0. The average molecular weight is 281 g/mol. The molecule has 0 spiro atoms. The lowest BCUT2D eigenvalue weighted by Crippen LogP contribution is -2.18. The molecule has 0 amide bonds. The zero-order valence-corrected chi connectivity index (χ0v) is 12.3. The summed E-state index contributed by atoms with van der Waals surface area (Å²) in [6.45, 7) is 4.15. The van der Waals surface area contributed by atoms with Gasteiger partial charge in [0.25, 0.3) is 5.78 Å². The number of nitrogens with one attached hydrogen (secondary N) is 1. The highest BCUT2D eigenvalue weighted by atomic mass is 15.4. The van der Waals surface area contributed by atoms with E-state index in [0.29, 0.717) is 11.8 Å². The van der Waals surface area contributed by atoms with E-state index in [0.717, 1.165) is 24.4 Å². The van der Waals surface area contributed by atoms with E-state index >= 15 is 0 Å². The molecule has 0 aliphatic heterocycles. The molecular formula is C16H19N5. The van der Waals surface area contributed by atoms with Gasteiger partial charge in [0.15, 0.2) is 0 Å². The molecule has 5 nitrogen and oxygen atoms in total. The van der Waals surface area contributed by atoms with Crippen LogP contribution in [-0.2, 0) is 6.42 Å². The summed E-state index contributed by atoms with van der Waals surface area (Å²) in [5, 5.41) is 7.71. The Hall–Kier alpha value is -2.43. The molecule has 5 heteroatoms. The van der Waals surface area contributed by atoms with Crippen molar-refractivity contribution in [3.63, 3.8) is 0 Å². The summed E-state index contributed by atoms with van der Waals surface area (Å²) >= 11 is 0. The van der Waals surface area contributed by atoms with Crippen molar-refractivity contribution < 1.29 is 0 Å². The topological polar surface area (TPSA) is 55.1 Å². The number of aryl methyl sites for hydroxylation is 2. The predicted octanol–water partition coefficient (Wildman–Crippen LogP) is 2.87. The van der Waals surface area contributed by atoms with Gasteiger partial charge in [-0.2, -0.15) is 14.6 Å². The summed E-state index contributed by atoms with van der Waals surface area (Å²) in [6.07, 6.45) is 3.64. The lowest BCUT2D eigenvalue weighted by atomic mass is 10.1. The van der Waals surface area contributed by atoms with Crippen molar-refractivity contribution in [2.45, 2.75) is 32.7 Å². The first kappa shape index (κ1) is 13.5. The number of hydrogen-bond donors (Lipinski definition) is 1. The molecule has 0 aliphatic carbocycles. The first-order valence-corrected chi connectivity index (χ1v) is 7.20. The number of aromatic nitrogens is 4. The van der Waals surface area contributed by atoms with E-state index in [2.05, 4.69) is 51.6 Å². The molecule has 2 aromatic heterocycles. The normalized spacial score (nSPS) is 12.5. The quantitative estimate of drug-likeness (QED) is 0.781. The van der Waals surface area contributed by atoms with Crippen molar-refractivity contribution in [3.05, 3.63) is 54.0 Å². The van der Waals surface area contributed by atoms with Crippen molar-refractivity contribution in [1.82, 2.24) is 19.6 Å². The second-order valence-electron chi connectivity index (χ2n) is 5.32. The van der Waals surface area contributed by atoms with Gasteiger partial charge in [0.1, 0.15) is 12.1 Å². The van der Waals surface area contributed by atoms with Gasteiger partial charge in [-0.25, -0.2) is 4.98 Å². The molecule has 0 radical (unpaired) electrons. The number of benzene rings is 1. The van der Waals surface area contributed by atoms with Gasteiger partial charge >= 0.3 is 0 Å². The molecule has 1 atom stereocenters. The van der Waals surface area contributed by atoms with Gasteiger partial charge in [-0.05, 0) is 32.3 Å². The van der Waals surface area contributed by atoms with Crippen molar-refractivity contribution in [2.75, 3.05) is 5.32 Å². The zero-order chi connectivity index (χ0) is 14.7. The van der Waals surface area contributed by atoms with Crippen LogP contribution in [0.15, 0.2) is 42.7 Å². The maximum Gasteiger partial charge on any atom is 0.254 e. The van der Waals surface area contributed by atoms with Gasteiger partial charge in [-0.1, -0.05) is 30.3 Å². The summed E-state index contributed by atoms with van der Waals surface area (Å²) < 4.78 is 1.74. The van der Waals surface area contributed by atoms with Crippen molar-refractivity contribution >= 4 is 11.6 Å². The number of hydrogen-bond acceptors (Lipinski definition) is 4. The summed E-state index contributed by atoms with van der Waals surface area (Å²) in [5.74, 6) is 1.57. The molecule has 0 saturated carbocycles. The molecule has 21 heavy (non-hydrogen) atoms. The fourth-order valence-corrected chi connectivity index (χ4v) is 2.39. The number of rotatable bonds is 5. The van der Waals surface area contributed by atoms with Gasteiger partial charge in [0.05, 0.1) is 0 Å². The Labute approximate surface area is 124 Å². The van der Waals surface area contributed by atoms with E-state index in [1.807, 2.05) is 19.1 Å². The van der Waals surface area contributed by atoms with Crippen LogP contribution >= 0.6 is 0 Å². The lowest BCUT2D eigenvalue weighted by molar-refractivity contribution is 0.697. The van der Waals surface area contributed by atoms with Crippen LogP contribution in [0, 0.1) is 6.92 Å². The van der Waals surface area contributed by atoms with Crippen LogP contribution in [-0.4, -0.2) is 25.6 Å². The monoisotopic (exact) mass is 281 g/mol. The first-order chi connectivity index (χ1) is 10.2. The van der Waals surface area contributed by atoms with Crippen molar-refractivity contribution in [3.8, 4) is 0 Å². The SMILES string of the molecule is Cc1cc(N[C@@H](C)CCc2ccccc2)n2ncnc2n1. The van der Waals surface area contributed by atoms with E-state index in [-0.39, 0.29) is 0 Å². The minimum absolute atomic E-state index is 0.347. The Balaban J connectivity index is 1.68. The van der Waals surface area contributed by atoms with E-state index in [9.17, 15) is 0 Å². The van der Waals surface area contributed by atoms with Gasteiger partial charge in [-0.3, -0.25) is 0 Å². The largest absolute Gasteiger partial charge is 0.367 e. The number of anilines is 1. The Kier molecular flexibility index (Phi) is 3.81. The van der Waals surface area contributed by atoms with Crippen molar-refractivity contribution in [1.29, 1.82) is 0 Å². The number of fused-ring (bicyclic) bond motifs is 1. The van der Waals surface area contributed by atoms with Crippen LogP contribution in [0.2, 0.25) is 0 Å².